The van der Waals surface area contributed by atoms with Crippen LogP contribution in [0.4, 0.5) is 0 Å². The van der Waals surface area contributed by atoms with Gasteiger partial charge in [-0.3, -0.25) is 4.79 Å². The molecule has 1 fully saturated rings. The summed E-state index contributed by atoms with van der Waals surface area (Å²) in [6.07, 6.45) is 1.81. The Labute approximate surface area is 137 Å². The average Bonchev–Trinajstić information content (AvgIpc) is 2.55. The van der Waals surface area contributed by atoms with Crippen molar-refractivity contribution in [1.82, 2.24) is 5.32 Å². The molecule has 1 atom stereocenters. The number of benzene rings is 1. The minimum atomic E-state index is -0.815. The van der Waals surface area contributed by atoms with Crippen molar-refractivity contribution in [3.8, 4) is 11.5 Å². The minimum Gasteiger partial charge on any atom is -0.493 e. The van der Waals surface area contributed by atoms with Crippen molar-refractivity contribution in [2.24, 2.45) is 5.73 Å². The zero-order chi connectivity index (χ0) is 16.9. The van der Waals surface area contributed by atoms with Crippen molar-refractivity contribution in [3.05, 3.63) is 23.8 Å². The van der Waals surface area contributed by atoms with E-state index < -0.39 is 5.54 Å². The summed E-state index contributed by atoms with van der Waals surface area (Å²) in [5.74, 6) is 1.27. The van der Waals surface area contributed by atoms with Gasteiger partial charge in [-0.2, -0.15) is 0 Å². The molecule has 1 heterocycles. The maximum Gasteiger partial charge on any atom is 0.240 e. The maximum absolute atomic E-state index is 12.4. The number of ether oxygens (including phenoxy) is 3. The quantitative estimate of drug-likeness (QED) is 0.824. The van der Waals surface area contributed by atoms with Crippen LogP contribution in [0, 0.1) is 0 Å². The topological polar surface area (TPSA) is 82.8 Å². The Hall–Kier alpha value is -1.79. The van der Waals surface area contributed by atoms with Crippen LogP contribution >= 0.6 is 0 Å². The first-order valence-corrected chi connectivity index (χ1v) is 7.87. The number of carbonyl (C=O) groups is 1. The van der Waals surface area contributed by atoms with E-state index in [1.54, 1.807) is 14.2 Å². The highest BCUT2D eigenvalue weighted by Gasteiger charge is 2.36. The Bertz CT molecular complexity index is 541. The highest BCUT2D eigenvalue weighted by molar-refractivity contribution is 5.86. The Morgan fingerprint density at radius 3 is 2.57 bits per heavy atom. The van der Waals surface area contributed by atoms with Crippen LogP contribution in [0.25, 0.3) is 0 Å². The standard InChI is InChI=1S/C17H26N2O4/c1-12(19-16(20)17(18)6-8-23-9-7-17)10-13-4-5-14(21-2)15(11-13)22-3/h4-5,11-12H,6-10,18H2,1-3H3,(H,19,20). The highest BCUT2D eigenvalue weighted by Crippen LogP contribution is 2.28. The predicted octanol–water partition coefficient (Wildman–Crippen LogP) is 1.26. The summed E-state index contributed by atoms with van der Waals surface area (Å²) in [5, 5.41) is 3.01. The van der Waals surface area contributed by atoms with E-state index in [0.29, 0.717) is 44.0 Å². The number of amides is 1. The van der Waals surface area contributed by atoms with E-state index in [9.17, 15) is 4.79 Å². The summed E-state index contributed by atoms with van der Waals surface area (Å²) in [5.41, 5.74) is 6.45. The molecule has 1 unspecified atom stereocenters. The van der Waals surface area contributed by atoms with Crippen LogP contribution in [-0.2, 0) is 16.0 Å². The van der Waals surface area contributed by atoms with Gasteiger partial charge in [0.05, 0.1) is 19.8 Å². The third-order valence-corrected chi connectivity index (χ3v) is 4.20. The lowest BCUT2D eigenvalue weighted by Crippen LogP contribution is -2.58. The zero-order valence-electron chi connectivity index (χ0n) is 14.1. The summed E-state index contributed by atoms with van der Waals surface area (Å²) in [4.78, 5) is 12.4. The fourth-order valence-corrected chi connectivity index (χ4v) is 2.74. The Kier molecular flexibility index (Phi) is 5.85. The second-order valence-corrected chi connectivity index (χ2v) is 6.04. The van der Waals surface area contributed by atoms with Crippen molar-refractivity contribution in [3.63, 3.8) is 0 Å². The van der Waals surface area contributed by atoms with Crippen molar-refractivity contribution in [1.29, 1.82) is 0 Å². The summed E-state index contributed by atoms with van der Waals surface area (Å²) in [6, 6.07) is 5.74. The molecular weight excluding hydrogens is 296 g/mol. The Balaban J connectivity index is 1.96. The largest absolute Gasteiger partial charge is 0.493 e. The molecule has 1 aliphatic rings. The zero-order valence-corrected chi connectivity index (χ0v) is 14.1. The van der Waals surface area contributed by atoms with Crippen molar-refractivity contribution < 1.29 is 19.0 Å². The predicted molar refractivity (Wildman–Crippen MR) is 87.8 cm³/mol. The molecule has 1 saturated heterocycles. The monoisotopic (exact) mass is 322 g/mol. The lowest BCUT2D eigenvalue weighted by Gasteiger charge is -2.33. The average molecular weight is 322 g/mol. The lowest BCUT2D eigenvalue weighted by molar-refractivity contribution is -0.130. The van der Waals surface area contributed by atoms with E-state index in [-0.39, 0.29) is 11.9 Å². The van der Waals surface area contributed by atoms with E-state index >= 15 is 0 Å². The van der Waals surface area contributed by atoms with Gasteiger partial charge in [-0.25, -0.2) is 0 Å². The lowest BCUT2D eigenvalue weighted by atomic mass is 9.90. The van der Waals surface area contributed by atoms with Gasteiger partial charge < -0.3 is 25.3 Å². The number of rotatable bonds is 6. The Morgan fingerprint density at radius 2 is 1.96 bits per heavy atom. The molecule has 1 aliphatic heterocycles. The number of methoxy groups -OCH3 is 2. The molecule has 23 heavy (non-hydrogen) atoms. The summed E-state index contributed by atoms with van der Waals surface area (Å²) in [7, 11) is 3.21. The molecule has 0 spiro atoms. The molecule has 6 nitrogen and oxygen atoms in total. The van der Waals surface area contributed by atoms with E-state index in [1.807, 2.05) is 25.1 Å². The molecule has 0 radical (unpaired) electrons. The van der Waals surface area contributed by atoms with Crippen LogP contribution in [-0.4, -0.2) is 44.9 Å². The second kappa shape index (κ2) is 7.66. The third kappa shape index (κ3) is 4.36. The summed E-state index contributed by atoms with van der Waals surface area (Å²) in [6.45, 7) is 3.04. The van der Waals surface area contributed by atoms with Gasteiger partial charge in [0.2, 0.25) is 5.91 Å². The van der Waals surface area contributed by atoms with Gasteiger partial charge in [0.15, 0.2) is 11.5 Å². The van der Waals surface area contributed by atoms with Gasteiger partial charge in [0.25, 0.3) is 0 Å². The fourth-order valence-electron chi connectivity index (χ4n) is 2.74. The number of nitrogens with two attached hydrogens (primary N) is 1. The van der Waals surface area contributed by atoms with E-state index in [1.165, 1.54) is 0 Å². The first-order chi connectivity index (χ1) is 11.0. The number of carbonyl (C=O) groups excluding carboxylic acids is 1. The summed E-state index contributed by atoms with van der Waals surface area (Å²) < 4.78 is 15.8. The van der Waals surface area contributed by atoms with E-state index in [4.69, 9.17) is 19.9 Å². The van der Waals surface area contributed by atoms with E-state index in [0.717, 1.165) is 5.56 Å². The van der Waals surface area contributed by atoms with Crippen molar-refractivity contribution >= 4 is 5.91 Å². The number of hydrogen-bond acceptors (Lipinski definition) is 5. The van der Waals surface area contributed by atoms with Gasteiger partial charge in [-0.15, -0.1) is 0 Å². The van der Waals surface area contributed by atoms with Crippen LogP contribution in [0.3, 0.4) is 0 Å². The van der Waals surface area contributed by atoms with Crippen LogP contribution in [0.5, 0.6) is 11.5 Å². The van der Waals surface area contributed by atoms with Gasteiger partial charge in [0, 0.05) is 19.3 Å². The molecule has 1 aromatic rings. The van der Waals surface area contributed by atoms with Crippen molar-refractivity contribution in [2.75, 3.05) is 27.4 Å². The third-order valence-electron chi connectivity index (χ3n) is 4.20. The van der Waals surface area contributed by atoms with Crippen LogP contribution in [0.2, 0.25) is 0 Å². The smallest absolute Gasteiger partial charge is 0.240 e. The molecule has 2 rings (SSSR count). The number of nitrogens with one attached hydrogen (secondary N) is 1. The van der Waals surface area contributed by atoms with E-state index in [2.05, 4.69) is 5.32 Å². The molecule has 6 heteroatoms. The van der Waals surface area contributed by atoms with Crippen LogP contribution < -0.4 is 20.5 Å². The molecule has 0 aliphatic carbocycles. The molecule has 1 aromatic carbocycles. The first-order valence-electron chi connectivity index (χ1n) is 7.87. The van der Waals surface area contributed by atoms with Gasteiger partial charge in [0.1, 0.15) is 0 Å². The highest BCUT2D eigenvalue weighted by atomic mass is 16.5. The molecular formula is C17H26N2O4. The molecule has 3 N–H and O–H groups in total. The van der Waals surface area contributed by atoms with Crippen LogP contribution in [0.15, 0.2) is 18.2 Å². The van der Waals surface area contributed by atoms with Gasteiger partial charge >= 0.3 is 0 Å². The first kappa shape index (κ1) is 17.6. The maximum atomic E-state index is 12.4. The van der Waals surface area contributed by atoms with Crippen LogP contribution in [0.1, 0.15) is 25.3 Å². The normalized spacial score (nSPS) is 18.1. The van der Waals surface area contributed by atoms with Gasteiger partial charge in [-0.1, -0.05) is 6.07 Å². The molecule has 128 valence electrons. The second-order valence-electron chi connectivity index (χ2n) is 6.04. The molecule has 0 saturated carbocycles. The Morgan fingerprint density at radius 1 is 1.30 bits per heavy atom. The van der Waals surface area contributed by atoms with Gasteiger partial charge in [-0.05, 0) is 43.9 Å². The fraction of sp³-hybridized carbons (Fsp3) is 0.588. The summed E-state index contributed by atoms with van der Waals surface area (Å²) >= 11 is 0. The number of hydrogen-bond donors (Lipinski definition) is 2. The molecule has 0 bridgehead atoms. The molecule has 1 amide bonds. The minimum absolute atomic E-state index is 0.0242. The van der Waals surface area contributed by atoms with Crippen molar-refractivity contribution in [2.45, 2.75) is 37.8 Å². The molecule has 0 aromatic heterocycles. The SMILES string of the molecule is COc1ccc(CC(C)NC(=O)C2(N)CCOCC2)cc1OC.